The molecule has 94 valence electrons. The van der Waals surface area contributed by atoms with Crippen LogP contribution < -0.4 is 4.74 Å². The molecule has 0 aromatic heterocycles. The van der Waals surface area contributed by atoms with Gasteiger partial charge in [0.15, 0.2) is 6.10 Å². The van der Waals surface area contributed by atoms with Crippen molar-refractivity contribution in [3.63, 3.8) is 0 Å². The molecule has 2 rings (SSSR count). The lowest BCUT2D eigenvalue weighted by Crippen LogP contribution is -2.29. The lowest BCUT2D eigenvalue weighted by Gasteiger charge is -2.22. The molecule has 0 heterocycles. The molecule has 0 fully saturated rings. The van der Waals surface area contributed by atoms with Crippen LogP contribution >= 0.6 is 0 Å². The Morgan fingerprint density at radius 1 is 0.889 bits per heavy atom. The van der Waals surface area contributed by atoms with Gasteiger partial charge in [-0.05, 0) is 17.7 Å². The maximum Gasteiger partial charge on any atom is 0.152 e. The van der Waals surface area contributed by atoms with Gasteiger partial charge in [-0.1, -0.05) is 48.5 Å². The number of benzene rings is 2. The molecule has 0 aliphatic carbocycles. The predicted molar refractivity (Wildman–Crippen MR) is 69.3 cm³/mol. The van der Waals surface area contributed by atoms with Gasteiger partial charge < -0.3 is 14.9 Å². The standard InChI is InChI=1S/C15H16O3/c16-11-14(18-13-9-5-2-6-10-13)15(17)12-7-3-1-4-8-12/h1-10,14-17H,11H2/t14-,15+/m1/s1. The second-order valence-corrected chi connectivity index (χ2v) is 4.01. The van der Waals surface area contributed by atoms with Crippen LogP contribution in [0.25, 0.3) is 0 Å². The lowest BCUT2D eigenvalue weighted by atomic mass is 10.1. The van der Waals surface area contributed by atoms with Crippen LogP contribution in [0.1, 0.15) is 11.7 Å². The molecule has 0 unspecified atom stereocenters. The molecule has 2 aromatic carbocycles. The highest BCUT2D eigenvalue weighted by Gasteiger charge is 2.21. The van der Waals surface area contributed by atoms with Gasteiger partial charge in [-0.2, -0.15) is 0 Å². The summed E-state index contributed by atoms with van der Waals surface area (Å²) in [6, 6.07) is 18.3. The molecular formula is C15H16O3. The highest BCUT2D eigenvalue weighted by molar-refractivity contribution is 5.23. The first-order valence-corrected chi connectivity index (χ1v) is 5.87. The van der Waals surface area contributed by atoms with Crippen LogP contribution in [0.5, 0.6) is 5.75 Å². The van der Waals surface area contributed by atoms with Crippen LogP contribution in [0.4, 0.5) is 0 Å². The summed E-state index contributed by atoms with van der Waals surface area (Å²) in [5.41, 5.74) is 0.729. The molecule has 3 nitrogen and oxygen atoms in total. The normalized spacial score (nSPS) is 13.9. The van der Waals surface area contributed by atoms with Crippen molar-refractivity contribution < 1.29 is 14.9 Å². The van der Waals surface area contributed by atoms with E-state index in [4.69, 9.17) is 4.74 Å². The minimum atomic E-state index is -0.851. The summed E-state index contributed by atoms with van der Waals surface area (Å²) >= 11 is 0. The Morgan fingerprint density at radius 2 is 1.44 bits per heavy atom. The zero-order chi connectivity index (χ0) is 12.8. The van der Waals surface area contributed by atoms with Gasteiger partial charge >= 0.3 is 0 Å². The molecule has 0 aliphatic heterocycles. The number of hydrogen-bond donors (Lipinski definition) is 2. The second kappa shape index (κ2) is 6.19. The van der Waals surface area contributed by atoms with E-state index in [1.54, 1.807) is 12.1 Å². The molecule has 0 saturated carbocycles. The summed E-state index contributed by atoms with van der Waals surface area (Å²) in [6.07, 6.45) is -1.52. The molecule has 0 aliphatic rings. The lowest BCUT2D eigenvalue weighted by molar-refractivity contribution is 0.000776. The topological polar surface area (TPSA) is 49.7 Å². The Labute approximate surface area is 106 Å². The first-order valence-electron chi connectivity index (χ1n) is 5.87. The fraction of sp³-hybridized carbons (Fsp3) is 0.200. The fourth-order valence-electron chi connectivity index (χ4n) is 1.74. The third-order valence-corrected chi connectivity index (χ3v) is 2.70. The minimum Gasteiger partial charge on any atom is -0.485 e. The van der Waals surface area contributed by atoms with Gasteiger partial charge in [-0.25, -0.2) is 0 Å². The monoisotopic (exact) mass is 244 g/mol. The van der Waals surface area contributed by atoms with E-state index in [1.807, 2.05) is 48.5 Å². The molecule has 0 saturated heterocycles. The number of aliphatic hydroxyl groups is 2. The third kappa shape index (κ3) is 3.09. The quantitative estimate of drug-likeness (QED) is 0.847. The average molecular weight is 244 g/mol. The highest BCUT2D eigenvalue weighted by atomic mass is 16.5. The summed E-state index contributed by atoms with van der Waals surface area (Å²) in [4.78, 5) is 0. The Bertz CT molecular complexity index is 456. The second-order valence-electron chi connectivity index (χ2n) is 4.01. The Kier molecular flexibility index (Phi) is 4.34. The van der Waals surface area contributed by atoms with Crippen molar-refractivity contribution in [3.05, 3.63) is 66.2 Å². The summed E-state index contributed by atoms with van der Waals surface area (Å²) < 4.78 is 5.58. The number of rotatable bonds is 5. The van der Waals surface area contributed by atoms with Gasteiger partial charge in [0.2, 0.25) is 0 Å². The summed E-state index contributed by atoms with van der Waals surface area (Å²) in [5, 5.41) is 19.5. The SMILES string of the molecule is OC[C@@H](Oc1ccccc1)[C@@H](O)c1ccccc1. The van der Waals surface area contributed by atoms with Crippen molar-refractivity contribution in [3.8, 4) is 5.75 Å². The van der Waals surface area contributed by atoms with Gasteiger partial charge in [-0.15, -0.1) is 0 Å². The van der Waals surface area contributed by atoms with Crippen molar-refractivity contribution in [1.82, 2.24) is 0 Å². The fourth-order valence-corrected chi connectivity index (χ4v) is 1.74. The Morgan fingerprint density at radius 3 is 2.00 bits per heavy atom. The Hall–Kier alpha value is -1.84. The van der Waals surface area contributed by atoms with Crippen LogP contribution in [0.15, 0.2) is 60.7 Å². The minimum absolute atomic E-state index is 0.245. The first kappa shape index (κ1) is 12.6. The predicted octanol–water partition coefficient (Wildman–Crippen LogP) is 2.16. The van der Waals surface area contributed by atoms with Crippen LogP contribution in [0.2, 0.25) is 0 Å². The van der Waals surface area contributed by atoms with E-state index in [0.717, 1.165) is 5.56 Å². The van der Waals surface area contributed by atoms with E-state index >= 15 is 0 Å². The number of hydrogen-bond acceptors (Lipinski definition) is 3. The first-order chi connectivity index (χ1) is 8.81. The van der Waals surface area contributed by atoms with E-state index in [9.17, 15) is 10.2 Å². The van der Waals surface area contributed by atoms with Gasteiger partial charge in [-0.3, -0.25) is 0 Å². The summed E-state index contributed by atoms with van der Waals surface area (Å²) in [6.45, 7) is -0.245. The van der Waals surface area contributed by atoms with Crippen LogP contribution in [-0.2, 0) is 0 Å². The maximum absolute atomic E-state index is 10.2. The molecule has 2 atom stereocenters. The van der Waals surface area contributed by atoms with Gasteiger partial charge in [0.05, 0.1) is 6.61 Å². The van der Waals surface area contributed by atoms with E-state index in [-0.39, 0.29) is 6.61 Å². The largest absolute Gasteiger partial charge is 0.485 e. The van der Waals surface area contributed by atoms with Crippen LogP contribution in [0.3, 0.4) is 0 Å². The molecule has 0 spiro atoms. The molecule has 2 N–H and O–H groups in total. The molecule has 0 radical (unpaired) electrons. The average Bonchev–Trinajstić information content (AvgIpc) is 2.46. The summed E-state index contributed by atoms with van der Waals surface area (Å²) in [7, 11) is 0. The van der Waals surface area contributed by atoms with E-state index in [2.05, 4.69) is 0 Å². The van der Waals surface area contributed by atoms with Gasteiger partial charge in [0.25, 0.3) is 0 Å². The number of ether oxygens (including phenoxy) is 1. The third-order valence-electron chi connectivity index (χ3n) is 2.70. The number of aliphatic hydroxyl groups excluding tert-OH is 2. The number of para-hydroxylation sites is 1. The maximum atomic E-state index is 10.2. The van der Waals surface area contributed by atoms with Crippen molar-refractivity contribution in [2.24, 2.45) is 0 Å². The zero-order valence-corrected chi connectivity index (χ0v) is 9.94. The molecule has 2 aromatic rings. The van der Waals surface area contributed by atoms with Crippen LogP contribution in [0, 0.1) is 0 Å². The van der Waals surface area contributed by atoms with Crippen molar-refractivity contribution >= 4 is 0 Å². The molecular weight excluding hydrogens is 228 g/mol. The Balaban J connectivity index is 2.09. The molecule has 18 heavy (non-hydrogen) atoms. The molecule has 3 heteroatoms. The van der Waals surface area contributed by atoms with Crippen LogP contribution in [-0.4, -0.2) is 22.9 Å². The van der Waals surface area contributed by atoms with Gasteiger partial charge in [0.1, 0.15) is 11.9 Å². The van der Waals surface area contributed by atoms with Gasteiger partial charge in [0, 0.05) is 0 Å². The van der Waals surface area contributed by atoms with E-state index in [0.29, 0.717) is 5.75 Å². The van der Waals surface area contributed by atoms with E-state index < -0.39 is 12.2 Å². The van der Waals surface area contributed by atoms with Crippen molar-refractivity contribution in [1.29, 1.82) is 0 Å². The molecule has 0 amide bonds. The highest BCUT2D eigenvalue weighted by Crippen LogP contribution is 2.21. The van der Waals surface area contributed by atoms with Crippen molar-refractivity contribution in [2.75, 3.05) is 6.61 Å². The summed E-state index contributed by atoms with van der Waals surface area (Å²) in [5.74, 6) is 0.631. The van der Waals surface area contributed by atoms with Crippen molar-refractivity contribution in [2.45, 2.75) is 12.2 Å². The van der Waals surface area contributed by atoms with E-state index in [1.165, 1.54) is 0 Å². The zero-order valence-electron chi connectivity index (χ0n) is 9.94. The molecule has 0 bridgehead atoms. The smallest absolute Gasteiger partial charge is 0.152 e.